The molecule has 6 rings (SSSR count). The first-order chi connectivity index (χ1) is 20.6. The van der Waals surface area contributed by atoms with Crippen LogP contribution in [0.15, 0.2) is 47.9 Å². The number of ether oxygens (including phenoxy) is 2. The number of rotatable bonds is 10. The zero-order valence-corrected chi connectivity index (χ0v) is 25.5. The Morgan fingerprint density at radius 1 is 1.28 bits per heavy atom. The van der Waals surface area contributed by atoms with Gasteiger partial charge in [0.15, 0.2) is 30.2 Å². The van der Waals surface area contributed by atoms with Gasteiger partial charge < -0.3 is 48.4 Å². The summed E-state index contributed by atoms with van der Waals surface area (Å²) in [5, 5.41) is 10.3. The highest BCUT2D eigenvalue weighted by atomic mass is 32.7. The summed E-state index contributed by atoms with van der Waals surface area (Å²) in [5.41, 5.74) is 6.99. The number of halogens is 1. The van der Waals surface area contributed by atoms with E-state index in [1.807, 2.05) is 0 Å². The molecule has 0 spiro atoms. The number of aromatic amines is 1. The maximum atomic E-state index is 15.7. The van der Waals surface area contributed by atoms with Gasteiger partial charge in [0.2, 0.25) is 0 Å². The van der Waals surface area contributed by atoms with E-state index in [2.05, 4.69) is 27.2 Å². The van der Waals surface area contributed by atoms with Crippen molar-refractivity contribution >= 4 is 65.8 Å². The molecule has 43 heavy (non-hydrogen) atoms. The number of aliphatic hydroxyl groups excluding tert-OH is 1. The van der Waals surface area contributed by atoms with Crippen molar-refractivity contribution < 1.29 is 42.0 Å². The summed E-state index contributed by atoms with van der Waals surface area (Å²) >= 11 is 9.02. The van der Waals surface area contributed by atoms with Gasteiger partial charge in [0.25, 0.3) is 5.56 Å². The van der Waals surface area contributed by atoms with Crippen LogP contribution in [-0.4, -0.2) is 77.9 Å². The molecule has 4 aromatic heterocycles. The highest BCUT2D eigenvalue weighted by Crippen LogP contribution is 2.51. The normalized spacial score (nSPS) is 29.4. The molecule has 5 N–H and O–H groups in total. The number of nitrogens with zero attached hydrogens (tertiary/aromatic N) is 4. The van der Waals surface area contributed by atoms with Gasteiger partial charge in [-0.3, -0.25) is 4.79 Å². The lowest BCUT2D eigenvalue weighted by atomic mass is 10.1. The lowest BCUT2D eigenvalue weighted by Crippen LogP contribution is -2.32. The number of anilines is 1. The van der Waals surface area contributed by atoms with Crippen LogP contribution in [0.3, 0.4) is 0 Å². The molecule has 0 bridgehead atoms. The number of imidazole rings is 1. The maximum absolute atomic E-state index is 15.7. The molecule has 6 heterocycles. The lowest BCUT2D eigenvalue weighted by molar-refractivity contribution is -0.0536. The molecule has 4 aromatic rings. The first kappa shape index (κ1) is 30.7. The standard InChI is InChI=1S/C23H25FN6O9P2S2/c24-17-19(38-40(33)42)16(37-23(17)29-6-3-12-13(25)1-4-26-20(12)29)9-35-41(34,43)39-15-7-11(8-31)36-22(15)30-10-28-18-14(30)2-5-27-21(18)32/h1-6,10-11,15-17,19,22-23,31H,7-9H2,(H4-,25,26,27,32,33,34,42,43)/p+1/t11-,15+,16+,17-,19+,22+,23+,41?/m0/s1. The van der Waals surface area contributed by atoms with Crippen LogP contribution in [0.25, 0.3) is 22.1 Å². The monoisotopic (exact) mass is 675 g/mol. The highest BCUT2D eigenvalue weighted by molar-refractivity contribution is 8.39. The number of aliphatic hydroxyl groups is 1. The second-order valence-electron chi connectivity index (χ2n) is 9.85. The van der Waals surface area contributed by atoms with E-state index in [-0.39, 0.29) is 18.5 Å². The third-order valence-electron chi connectivity index (χ3n) is 7.20. The van der Waals surface area contributed by atoms with Gasteiger partial charge in [0, 0.05) is 36.1 Å². The number of fused-ring (bicyclic) bond motifs is 2. The number of alkyl halides is 1. The minimum absolute atomic E-state index is 0.129. The minimum atomic E-state index is -4.06. The summed E-state index contributed by atoms with van der Waals surface area (Å²) in [4.78, 5) is 34.1. The first-order valence-corrected chi connectivity index (χ1v) is 17.8. The number of H-pyrrole nitrogens is 1. The van der Waals surface area contributed by atoms with Gasteiger partial charge in [0.1, 0.15) is 30.1 Å². The summed E-state index contributed by atoms with van der Waals surface area (Å²) in [6, 6.07) is 4.88. The van der Waals surface area contributed by atoms with Gasteiger partial charge in [-0.2, -0.15) is 0 Å². The van der Waals surface area contributed by atoms with Gasteiger partial charge in [-0.1, -0.05) is 0 Å². The summed E-state index contributed by atoms with van der Waals surface area (Å²) in [5.74, 6) is 0. The van der Waals surface area contributed by atoms with Crippen molar-refractivity contribution in [1.82, 2.24) is 24.1 Å². The Labute approximate surface area is 253 Å². The number of nitrogens with two attached hydrogens (primary N) is 1. The predicted octanol–water partition coefficient (Wildman–Crippen LogP) is 2.46. The van der Waals surface area contributed by atoms with Crippen LogP contribution in [0.5, 0.6) is 0 Å². The van der Waals surface area contributed by atoms with Gasteiger partial charge in [-0.25, -0.2) is 14.4 Å². The first-order valence-electron chi connectivity index (χ1n) is 12.9. The summed E-state index contributed by atoms with van der Waals surface area (Å²) in [6.45, 7) is -4.90. The molecule has 9 atom stereocenters. The van der Waals surface area contributed by atoms with Gasteiger partial charge in [-0.05, 0) is 34.6 Å². The molecule has 2 fully saturated rings. The number of hydrogen-bond donors (Lipinski definition) is 5. The average Bonchev–Trinajstić information content (AvgIpc) is 3.73. The van der Waals surface area contributed by atoms with Crippen molar-refractivity contribution in [1.29, 1.82) is 0 Å². The third kappa shape index (κ3) is 6.02. The molecule has 0 aliphatic carbocycles. The molecule has 2 saturated heterocycles. The van der Waals surface area contributed by atoms with Crippen LogP contribution in [0.4, 0.5) is 10.1 Å². The topological polar surface area (TPSA) is 198 Å². The Kier molecular flexibility index (Phi) is 8.71. The Hall–Kier alpha value is -2.34. The molecule has 0 saturated carbocycles. The molecule has 2 unspecified atom stereocenters. The second kappa shape index (κ2) is 12.2. The minimum Gasteiger partial charge on any atom is -0.398 e. The molecular weight excluding hydrogens is 649 g/mol. The van der Waals surface area contributed by atoms with Crippen molar-refractivity contribution in [3.8, 4) is 0 Å². The Bertz CT molecular complexity index is 1770. The van der Waals surface area contributed by atoms with Crippen molar-refractivity contribution in [3.05, 3.63) is 53.5 Å². The van der Waals surface area contributed by atoms with Crippen molar-refractivity contribution in [2.45, 2.75) is 49.5 Å². The molecular formula is C23H26FN6O9P2S2+. The van der Waals surface area contributed by atoms with Crippen molar-refractivity contribution in [2.24, 2.45) is 0 Å². The lowest BCUT2D eigenvalue weighted by Gasteiger charge is -2.26. The molecule has 0 aromatic carbocycles. The summed E-state index contributed by atoms with van der Waals surface area (Å²) < 4.78 is 59.0. The van der Waals surface area contributed by atoms with E-state index in [0.29, 0.717) is 22.2 Å². The van der Waals surface area contributed by atoms with E-state index < -0.39 is 69.2 Å². The van der Waals surface area contributed by atoms with E-state index >= 15 is 4.39 Å². The van der Waals surface area contributed by atoms with Gasteiger partial charge in [-0.15, -0.1) is 4.52 Å². The van der Waals surface area contributed by atoms with Crippen molar-refractivity contribution in [3.63, 3.8) is 0 Å². The summed E-state index contributed by atoms with van der Waals surface area (Å²) in [7, 11) is -2.54. The number of hydrogen-bond acceptors (Lipinski definition) is 12. The largest absolute Gasteiger partial charge is 0.582 e. The van der Waals surface area contributed by atoms with Gasteiger partial charge >= 0.3 is 13.9 Å². The smallest absolute Gasteiger partial charge is 0.398 e. The SMILES string of the molecule is Nc1ccnc2c1ccn2[C@@H]1O[C@H](COP(O)(=S)O[C@@H]2C[C@@H](CO)O[C@H]2n2cnc3c(=O)[nH]ccc32)[C@@H](O[P+](=O)S)[C@@H]1F. The Balaban J connectivity index is 1.20. The number of pyridine rings is 2. The quantitative estimate of drug-likeness (QED) is 0.122. The predicted molar refractivity (Wildman–Crippen MR) is 158 cm³/mol. The van der Waals surface area contributed by atoms with Crippen LogP contribution >= 0.6 is 26.2 Å². The maximum Gasteiger partial charge on any atom is 0.582 e. The van der Waals surface area contributed by atoms with Crippen LogP contribution < -0.4 is 11.3 Å². The fourth-order valence-corrected chi connectivity index (χ4v) is 7.52. The summed E-state index contributed by atoms with van der Waals surface area (Å²) in [6.07, 6.45) is -2.22. The Morgan fingerprint density at radius 2 is 2.09 bits per heavy atom. The van der Waals surface area contributed by atoms with Crippen LogP contribution in [0.1, 0.15) is 18.9 Å². The second-order valence-corrected chi connectivity index (χ2v) is 14.3. The van der Waals surface area contributed by atoms with E-state index in [0.717, 1.165) is 0 Å². The zero-order valence-electron chi connectivity index (χ0n) is 22.0. The van der Waals surface area contributed by atoms with Crippen molar-refractivity contribution in [2.75, 3.05) is 18.9 Å². The fraction of sp³-hybridized carbons (Fsp3) is 0.435. The van der Waals surface area contributed by atoms with E-state index in [9.17, 15) is 19.4 Å². The third-order valence-corrected chi connectivity index (χ3v) is 9.49. The molecule has 230 valence electrons. The van der Waals surface area contributed by atoms with Gasteiger partial charge in [0.05, 0.1) is 31.2 Å². The van der Waals surface area contributed by atoms with E-state index in [1.54, 1.807) is 24.4 Å². The molecule has 2 aliphatic rings. The molecule has 2 aliphatic heterocycles. The zero-order chi connectivity index (χ0) is 30.5. The Morgan fingerprint density at radius 3 is 2.86 bits per heavy atom. The average molecular weight is 676 g/mol. The highest BCUT2D eigenvalue weighted by Gasteiger charge is 2.52. The fourth-order valence-electron chi connectivity index (χ4n) is 5.29. The van der Waals surface area contributed by atoms with Crippen LogP contribution in [-0.2, 0) is 39.4 Å². The number of nitrogen functional groups attached to an aromatic ring is 1. The van der Waals surface area contributed by atoms with Crippen LogP contribution in [0, 0.1) is 0 Å². The number of nitrogens with one attached hydrogen (secondary N) is 1. The van der Waals surface area contributed by atoms with E-state index in [4.69, 9.17) is 40.6 Å². The molecule has 0 amide bonds. The number of aromatic nitrogens is 5. The van der Waals surface area contributed by atoms with E-state index in [1.165, 1.54) is 27.9 Å². The molecule has 15 nitrogen and oxygen atoms in total. The molecule has 0 radical (unpaired) electrons. The molecule has 20 heteroatoms. The van der Waals surface area contributed by atoms with Crippen LogP contribution in [0.2, 0.25) is 0 Å². The number of thiol groups is 1.